The van der Waals surface area contributed by atoms with Gasteiger partial charge in [-0.2, -0.15) is 0 Å². The molecule has 5 aliphatic rings. The Morgan fingerprint density at radius 1 is 1.32 bits per heavy atom. The molecule has 1 N–H and O–H groups in total. The van der Waals surface area contributed by atoms with Crippen molar-refractivity contribution in [2.45, 2.75) is 43.7 Å². The Hall–Kier alpha value is -0.530. The van der Waals surface area contributed by atoms with E-state index >= 15 is 0 Å². The van der Waals surface area contributed by atoms with Crippen LogP contribution in [-0.2, 0) is 23.7 Å². The number of rotatable bonds is 6. The Bertz CT molecular complexity index is 454. The summed E-state index contributed by atoms with van der Waals surface area (Å²) in [6.45, 7) is 1.29. The fourth-order valence-electron chi connectivity index (χ4n) is 5.23. The van der Waals surface area contributed by atoms with Gasteiger partial charge in [-0.1, -0.05) is 0 Å². The third-order valence-electron chi connectivity index (χ3n) is 6.05. The molecule has 1 heterocycles. The van der Waals surface area contributed by atoms with Gasteiger partial charge in [0.05, 0.1) is 25.4 Å². The van der Waals surface area contributed by atoms with Crippen LogP contribution < -0.4 is 0 Å². The lowest BCUT2D eigenvalue weighted by Gasteiger charge is -2.52. The first kappa shape index (κ1) is 15.0. The van der Waals surface area contributed by atoms with Gasteiger partial charge >= 0.3 is 0 Å². The number of hydrogen-bond donors (Lipinski definition) is 1. The molecule has 0 radical (unpaired) electrons. The molecule has 6 nitrogen and oxygen atoms in total. The van der Waals surface area contributed by atoms with E-state index in [9.17, 15) is 9.90 Å². The molecule has 0 spiro atoms. The van der Waals surface area contributed by atoms with Crippen LogP contribution in [0.15, 0.2) is 0 Å². The second kappa shape index (κ2) is 5.53. The molecule has 4 aliphatic carbocycles. The highest BCUT2D eigenvalue weighted by Gasteiger charge is 2.69. The first-order valence-corrected chi connectivity index (χ1v) is 8.25. The lowest BCUT2D eigenvalue weighted by Crippen LogP contribution is -2.59. The lowest BCUT2D eigenvalue weighted by atomic mass is 9.52. The third kappa shape index (κ3) is 2.16. The highest BCUT2D eigenvalue weighted by atomic mass is 16.7. The second-order valence-electron chi connectivity index (χ2n) is 7.04. The summed E-state index contributed by atoms with van der Waals surface area (Å²) in [6.07, 6.45) is 2.79. The molecule has 6 heteroatoms. The number of ether oxygens (including phenoxy) is 4. The average molecular weight is 312 g/mol. The minimum atomic E-state index is -1.06. The van der Waals surface area contributed by atoms with Gasteiger partial charge in [0.15, 0.2) is 5.79 Å². The van der Waals surface area contributed by atoms with Crippen molar-refractivity contribution in [1.29, 1.82) is 0 Å². The van der Waals surface area contributed by atoms with Gasteiger partial charge in [0.1, 0.15) is 12.6 Å². The van der Waals surface area contributed by atoms with Gasteiger partial charge in [-0.15, -0.1) is 0 Å². The Balaban J connectivity index is 1.45. The summed E-state index contributed by atoms with van der Waals surface area (Å²) in [6, 6.07) is 0. The van der Waals surface area contributed by atoms with Crippen molar-refractivity contribution in [1.82, 2.24) is 0 Å². The van der Waals surface area contributed by atoms with Crippen molar-refractivity contribution >= 4 is 5.78 Å². The summed E-state index contributed by atoms with van der Waals surface area (Å²) in [7, 11) is 1.64. The second-order valence-corrected chi connectivity index (χ2v) is 7.04. The van der Waals surface area contributed by atoms with Crippen LogP contribution in [0.4, 0.5) is 0 Å². The maximum atomic E-state index is 12.3. The first-order valence-electron chi connectivity index (χ1n) is 8.25. The topological polar surface area (TPSA) is 74.2 Å². The summed E-state index contributed by atoms with van der Waals surface area (Å²) >= 11 is 0. The lowest BCUT2D eigenvalue weighted by molar-refractivity contribution is -0.238. The zero-order valence-corrected chi connectivity index (χ0v) is 12.9. The first-order chi connectivity index (χ1) is 10.6. The molecule has 0 aromatic rings. The summed E-state index contributed by atoms with van der Waals surface area (Å²) in [5.41, 5.74) is 0. The molecule has 22 heavy (non-hydrogen) atoms. The predicted molar refractivity (Wildman–Crippen MR) is 74.8 cm³/mol. The Kier molecular flexibility index (Phi) is 3.77. The molecule has 1 saturated heterocycles. The largest absolute Gasteiger partial charge is 0.382 e. The number of carbonyl (C=O) groups is 1. The highest BCUT2D eigenvalue weighted by molar-refractivity contribution is 5.84. The molecular weight excluding hydrogens is 288 g/mol. The summed E-state index contributed by atoms with van der Waals surface area (Å²) in [5.74, 6) is -0.502. The Labute approximate surface area is 130 Å². The zero-order valence-electron chi connectivity index (χ0n) is 12.9. The number of aliphatic hydroxyl groups is 1. The van der Waals surface area contributed by atoms with Crippen molar-refractivity contribution in [3.05, 3.63) is 0 Å². The third-order valence-corrected chi connectivity index (χ3v) is 6.05. The van der Waals surface area contributed by atoms with E-state index < -0.39 is 5.79 Å². The smallest absolute Gasteiger partial charge is 0.170 e. The van der Waals surface area contributed by atoms with Crippen LogP contribution in [0.2, 0.25) is 0 Å². The van der Waals surface area contributed by atoms with Crippen molar-refractivity contribution in [2.24, 2.45) is 23.7 Å². The quantitative estimate of drug-likeness (QED) is 0.575. The Morgan fingerprint density at radius 3 is 3.00 bits per heavy atom. The number of ketones is 1. The van der Waals surface area contributed by atoms with E-state index in [1.54, 1.807) is 7.11 Å². The SMILES string of the molecule is COCCOCO[C@H]1CC[C@H]2O[C@@]3(O)C[C@@H]4C(=O)C[C@H]3[C@H]2[C@H]14. The molecule has 5 rings (SSSR count). The van der Waals surface area contributed by atoms with Gasteiger partial charge in [-0.05, 0) is 18.8 Å². The minimum absolute atomic E-state index is 0.0341. The molecule has 0 unspecified atom stereocenters. The van der Waals surface area contributed by atoms with Gasteiger partial charge in [-0.3, -0.25) is 4.79 Å². The molecule has 124 valence electrons. The van der Waals surface area contributed by atoms with Crippen LogP contribution in [0, 0.1) is 23.7 Å². The highest BCUT2D eigenvalue weighted by Crippen LogP contribution is 2.63. The summed E-state index contributed by atoms with van der Waals surface area (Å²) < 4.78 is 22.2. The molecule has 5 fully saturated rings. The standard InChI is InChI=1S/C16H24O6/c1-19-4-5-20-8-21-12-2-3-13-15-10-6-11(17)9(14(12)15)7-16(10,18)22-13/h9-10,12-15,18H,2-8H2,1H3/t9-,10+,12+,13-,14+,15-,16+/m1/s1. The van der Waals surface area contributed by atoms with Crippen LogP contribution in [0.3, 0.4) is 0 Å². The van der Waals surface area contributed by atoms with Crippen molar-refractivity contribution < 1.29 is 28.8 Å². The Morgan fingerprint density at radius 2 is 2.18 bits per heavy atom. The number of hydrogen-bond acceptors (Lipinski definition) is 6. The molecule has 4 saturated carbocycles. The molecule has 0 amide bonds. The molecule has 7 atom stereocenters. The van der Waals surface area contributed by atoms with E-state index in [4.69, 9.17) is 18.9 Å². The van der Waals surface area contributed by atoms with Crippen LogP contribution in [0.1, 0.15) is 25.7 Å². The van der Waals surface area contributed by atoms with Crippen LogP contribution in [-0.4, -0.2) is 56.0 Å². The predicted octanol–water partition coefficient (Wildman–Crippen LogP) is 0.715. The van der Waals surface area contributed by atoms with Crippen molar-refractivity contribution in [2.75, 3.05) is 27.1 Å². The molecule has 0 aromatic carbocycles. The van der Waals surface area contributed by atoms with E-state index in [-0.39, 0.29) is 48.5 Å². The number of fused-ring (bicyclic) bond motifs is 1. The maximum Gasteiger partial charge on any atom is 0.170 e. The van der Waals surface area contributed by atoms with Crippen molar-refractivity contribution in [3.8, 4) is 0 Å². The molecule has 4 bridgehead atoms. The monoisotopic (exact) mass is 312 g/mol. The normalized spacial score (nSPS) is 48.9. The fourth-order valence-corrected chi connectivity index (χ4v) is 5.23. The molecular formula is C16H24O6. The summed E-state index contributed by atoms with van der Waals surface area (Å²) in [4.78, 5) is 12.3. The number of methoxy groups -OCH3 is 1. The van der Waals surface area contributed by atoms with Gasteiger partial charge in [0.25, 0.3) is 0 Å². The van der Waals surface area contributed by atoms with Crippen LogP contribution >= 0.6 is 0 Å². The maximum absolute atomic E-state index is 12.3. The molecule has 0 aromatic heterocycles. The van der Waals surface area contributed by atoms with Crippen LogP contribution in [0.5, 0.6) is 0 Å². The van der Waals surface area contributed by atoms with Gasteiger partial charge in [-0.25, -0.2) is 0 Å². The fraction of sp³-hybridized carbons (Fsp3) is 0.938. The summed E-state index contributed by atoms with van der Waals surface area (Å²) in [5, 5.41) is 10.7. The average Bonchev–Trinajstić information content (AvgIpc) is 2.74. The van der Waals surface area contributed by atoms with E-state index in [1.807, 2.05) is 0 Å². The number of Topliss-reactive ketones (excluding diaryl/α,β-unsaturated/α-hetero) is 1. The van der Waals surface area contributed by atoms with E-state index in [0.717, 1.165) is 12.8 Å². The number of carbonyl (C=O) groups excluding carboxylic acids is 1. The molecule has 1 aliphatic heterocycles. The van der Waals surface area contributed by atoms with E-state index in [0.29, 0.717) is 26.1 Å². The van der Waals surface area contributed by atoms with Gasteiger partial charge < -0.3 is 24.1 Å². The van der Waals surface area contributed by atoms with E-state index in [1.165, 1.54) is 0 Å². The van der Waals surface area contributed by atoms with E-state index in [2.05, 4.69) is 0 Å². The van der Waals surface area contributed by atoms with Crippen molar-refractivity contribution in [3.63, 3.8) is 0 Å². The van der Waals surface area contributed by atoms with Gasteiger partial charge in [0, 0.05) is 37.7 Å². The zero-order chi connectivity index (χ0) is 15.3. The van der Waals surface area contributed by atoms with Gasteiger partial charge in [0.2, 0.25) is 0 Å². The minimum Gasteiger partial charge on any atom is -0.382 e. The van der Waals surface area contributed by atoms with Crippen LogP contribution in [0.25, 0.3) is 0 Å².